The molecule has 0 saturated heterocycles. The summed E-state index contributed by atoms with van der Waals surface area (Å²) in [5.41, 5.74) is -0.659. The first-order valence-corrected chi connectivity index (χ1v) is 13.3. The zero-order chi connectivity index (χ0) is 31.0. The van der Waals surface area contributed by atoms with Crippen LogP contribution in [0.25, 0.3) is 33.0 Å². The van der Waals surface area contributed by atoms with E-state index >= 15 is 0 Å². The van der Waals surface area contributed by atoms with Crippen LogP contribution in [0.3, 0.4) is 0 Å². The average Bonchev–Trinajstić information content (AvgIpc) is 3.42. The molecule has 10 nitrogen and oxygen atoms in total. The van der Waals surface area contributed by atoms with Crippen LogP contribution in [-0.2, 0) is 22.1 Å². The number of hydrogen-bond acceptors (Lipinski definition) is 8. The number of hydrogen-bond donors (Lipinski definition) is 2. The van der Waals surface area contributed by atoms with Gasteiger partial charge in [-0.3, -0.25) is 4.79 Å². The largest absolute Gasteiger partial charge is 0.486 e. The lowest BCUT2D eigenvalue weighted by Crippen LogP contribution is -2.44. The molecule has 6 rings (SSSR count). The van der Waals surface area contributed by atoms with Crippen molar-refractivity contribution in [3.8, 4) is 28.4 Å². The summed E-state index contributed by atoms with van der Waals surface area (Å²) < 4.78 is 68.9. The van der Waals surface area contributed by atoms with E-state index in [0.29, 0.717) is 11.3 Å². The highest BCUT2D eigenvalue weighted by atomic mass is 19.4. The number of methoxy groups -OCH3 is 1. The highest BCUT2D eigenvalue weighted by Crippen LogP contribution is 2.40. The number of alkyl carbamates (subject to hydrolysis) is 1. The normalized spacial score (nSPS) is 13.5. The van der Waals surface area contributed by atoms with Crippen LogP contribution in [0, 0.1) is 0 Å². The van der Waals surface area contributed by atoms with Crippen molar-refractivity contribution >= 4 is 33.9 Å². The van der Waals surface area contributed by atoms with Gasteiger partial charge in [0, 0.05) is 29.6 Å². The number of ether oxygens (including phenoxy) is 4. The minimum absolute atomic E-state index is 0.0116. The van der Waals surface area contributed by atoms with Crippen molar-refractivity contribution in [2.45, 2.75) is 18.6 Å². The number of nitrogens with one attached hydrogen (secondary N) is 2. The van der Waals surface area contributed by atoms with Crippen LogP contribution in [-0.4, -0.2) is 43.4 Å². The molecule has 1 aliphatic heterocycles. The number of esters is 1. The molecular formula is C31H23F3N2O8. The summed E-state index contributed by atoms with van der Waals surface area (Å²) in [5, 5.41) is 3.06. The van der Waals surface area contributed by atoms with Gasteiger partial charge in [-0.05, 0) is 41.5 Å². The number of aromatic nitrogens is 1. The van der Waals surface area contributed by atoms with Gasteiger partial charge < -0.3 is 33.7 Å². The summed E-state index contributed by atoms with van der Waals surface area (Å²) in [6.45, 7) is 0.488. The summed E-state index contributed by atoms with van der Waals surface area (Å²) in [6, 6.07) is 13.6. The molecule has 44 heavy (non-hydrogen) atoms. The van der Waals surface area contributed by atoms with Crippen LogP contribution in [0.15, 0.2) is 76.1 Å². The standard InChI is InChI=1S/C31H23F3N2O8/c1-40-30(39)36-22(12-17-15-35-21-5-3-2-4-19(17)21)29(38)43-18-7-8-20-24(14-18)44-28(31(32,33)34)26(27(20)37)16-6-9-23-25(13-16)42-11-10-41-23/h2-9,13-15,22,35H,10-12H2,1H3,(H,36,39). The summed E-state index contributed by atoms with van der Waals surface area (Å²) in [7, 11) is 1.13. The fourth-order valence-corrected chi connectivity index (χ4v) is 5.00. The number of carbonyl (C=O) groups excluding carboxylic acids is 2. The molecule has 1 unspecified atom stereocenters. The molecule has 0 bridgehead atoms. The van der Waals surface area contributed by atoms with E-state index in [1.54, 1.807) is 6.20 Å². The molecule has 1 atom stereocenters. The summed E-state index contributed by atoms with van der Waals surface area (Å²) >= 11 is 0. The van der Waals surface area contributed by atoms with Crippen molar-refractivity contribution in [3.05, 3.63) is 88.4 Å². The number of alkyl halides is 3. The molecule has 5 aromatic rings. The fraction of sp³-hybridized carbons (Fsp3) is 0.194. The molecule has 1 amide bonds. The zero-order valence-corrected chi connectivity index (χ0v) is 22.9. The number of para-hydroxylation sites is 1. The number of amides is 1. The molecule has 13 heteroatoms. The molecule has 0 aliphatic carbocycles. The molecule has 0 radical (unpaired) electrons. The minimum atomic E-state index is -5.04. The Labute approximate surface area is 246 Å². The van der Waals surface area contributed by atoms with Gasteiger partial charge in [0.1, 0.15) is 30.6 Å². The second-order valence-corrected chi connectivity index (χ2v) is 9.82. The average molecular weight is 609 g/mol. The number of carbonyl (C=O) groups is 2. The van der Waals surface area contributed by atoms with Crippen LogP contribution >= 0.6 is 0 Å². The summed E-state index contributed by atoms with van der Waals surface area (Å²) in [6.07, 6.45) is -4.24. The van der Waals surface area contributed by atoms with Crippen LogP contribution in [0.2, 0.25) is 0 Å². The fourth-order valence-electron chi connectivity index (χ4n) is 5.00. The molecule has 1 aliphatic rings. The SMILES string of the molecule is COC(=O)NC(Cc1c[nH]c2ccccc12)C(=O)Oc1ccc2c(=O)c(-c3ccc4c(c3)OCCO4)c(C(F)(F)F)oc2c1. The third kappa shape index (κ3) is 5.51. The van der Waals surface area contributed by atoms with Crippen molar-refractivity contribution in [1.82, 2.24) is 10.3 Å². The second kappa shape index (κ2) is 11.3. The van der Waals surface area contributed by atoms with Gasteiger partial charge in [-0.25, -0.2) is 9.59 Å². The lowest BCUT2D eigenvalue weighted by Gasteiger charge is -2.19. The molecule has 3 heterocycles. The number of rotatable bonds is 6. The molecule has 2 aromatic heterocycles. The first-order chi connectivity index (χ1) is 21.1. The Morgan fingerprint density at radius 2 is 1.77 bits per heavy atom. The quantitative estimate of drug-likeness (QED) is 0.188. The Kier molecular flexibility index (Phi) is 7.37. The van der Waals surface area contributed by atoms with Crippen LogP contribution in [0.4, 0.5) is 18.0 Å². The van der Waals surface area contributed by atoms with Crippen LogP contribution in [0.5, 0.6) is 17.2 Å². The van der Waals surface area contributed by atoms with E-state index < -0.39 is 46.6 Å². The van der Waals surface area contributed by atoms with E-state index in [-0.39, 0.29) is 42.1 Å². The molecule has 226 valence electrons. The number of halogens is 3. The Bertz CT molecular complexity index is 1960. The Morgan fingerprint density at radius 1 is 1.00 bits per heavy atom. The summed E-state index contributed by atoms with van der Waals surface area (Å²) in [5.74, 6) is -2.12. The van der Waals surface area contributed by atoms with Crippen molar-refractivity contribution in [1.29, 1.82) is 0 Å². The van der Waals surface area contributed by atoms with Crippen LogP contribution < -0.4 is 25.0 Å². The number of H-pyrrole nitrogens is 1. The van der Waals surface area contributed by atoms with Gasteiger partial charge in [-0.1, -0.05) is 24.3 Å². The minimum Gasteiger partial charge on any atom is -0.486 e. The van der Waals surface area contributed by atoms with E-state index in [9.17, 15) is 27.6 Å². The van der Waals surface area contributed by atoms with Crippen molar-refractivity contribution in [2.75, 3.05) is 20.3 Å². The Hall–Kier alpha value is -5.46. The van der Waals surface area contributed by atoms with E-state index in [1.165, 1.54) is 30.3 Å². The first kappa shape index (κ1) is 28.6. The summed E-state index contributed by atoms with van der Waals surface area (Å²) in [4.78, 5) is 41.8. The maximum absolute atomic E-state index is 14.2. The Balaban J connectivity index is 1.34. The van der Waals surface area contributed by atoms with Gasteiger partial charge in [0.25, 0.3) is 0 Å². The van der Waals surface area contributed by atoms with Crippen LogP contribution in [0.1, 0.15) is 11.3 Å². The highest BCUT2D eigenvalue weighted by molar-refractivity contribution is 5.88. The predicted octanol–water partition coefficient (Wildman–Crippen LogP) is 5.60. The zero-order valence-electron chi connectivity index (χ0n) is 22.9. The molecule has 2 N–H and O–H groups in total. The first-order valence-electron chi connectivity index (χ1n) is 13.3. The predicted molar refractivity (Wildman–Crippen MR) is 151 cm³/mol. The van der Waals surface area contributed by atoms with Gasteiger partial charge in [-0.15, -0.1) is 0 Å². The number of fused-ring (bicyclic) bond motifs is 3. The molecule has 0 spiro atoms. The van der Waals surface area contributed by atoms with E-state index in [1.807, 2.05) is 24.3 Å². The topological polar surface area (TPSA) is 129 Å². The third-order valence-corrected chi connectivity index (χ3v) is 7.03. The van der Waals surface area contributed by atoms with Gasteiger partial charge in [-0.2, -0.15) is 13.2 Å². The molecule has 3 aromatic carbocycles. The van der Waals surface area contributed by atoms with Crippen molar-refractivity contribution in [2.24, 2.45) is 0 Å². The van der Waals surface area contributed by atoms with Crippen molar-refractivity contribution < 1.29 is 46.1 Å². The molecule has 0 saturated carbocycles. The van der Waals surface area contributed by atoms with Crippen molar-refractivity contribution in [3.63, 3.8) is 0 Å². The monoisotopic (exact) mass is 608 g/mol. The smallest absolute Gasteiger partial charge is 0.450 e. The molecular weight excluding hydrogens is 585 g/mol. The van der Waals surface area contributed by atoms with Gasteiger partial charge in [0.05, 0.1) is 18.1 Å². The second-order valence-electron chi connectivity index (χ2n) is 9.82. The number of benzene rings is 3. The number of aromatic amines is 1. The maximum atomic E-state index is 14.2. The van der Waals surface area contributed by atoms with Gasteiger partial charge >= 0.3 is 18.2 Å². The Morgan fingerprint density at radius 3 is 2.55 bits per heavy atom. The van der Waals surface area contributed by atoms with E-state index in [0.717, 1.165) is 24.1 Å². The molecule has 0 fully saturated rings. The van der Waals surface area contributed by atoms with Gasteiger partial charge in [0.15, 0.2) is 11.5 Å². The van der Waals surface area contributed by atoms with E-state index in [2.05, 4.69) is 15.0 Å². The lowest BCUT2D eigenvalue weighted by molar-refractivity contribution is -0.152. The highest BCUT2D eigenvalue weighted by Gasteiger charge is 2.40. The lowest BCUT2D eigenvalue weighted by atomic mass is 10.0. The van der Waals surface area contributed by atoms with E-state index in [4.69, 9.17) is 18.6 Å². The maximum Gasteiger partial charge on any atom is 0.450 e. The third-order valence-electron chi connectivity index (χ3n) is 7.03. The van der Waals surface area contributed by atoms with Gasteiger partial charge in [0.2, 0.25) is 11.2 Å².